The number of aromatic nitrogens is 1. The second kappa shape index (κ2) is 15.2. The Morgan fingerprint density at radius 1 is 0.884 bits per heavy atom. The first-order chi connectivity index (χ1) is 20.6. The van der Waals surface area contributed by atoms with Crippen molar-refractivity contribution in [2.45, 2.75) is 96.0 Å². The van der Waals surface area contributed by atoms with Crippen LogP contribution in [0.3, 0.4) is 0 Å². The number of benzene rings is 2. The number of carbonyl (C=O) groups excluding carboxylic acids is 3. The van der Waals surface area contributed by atoms with Gasteiger partial charge in [0.15, 0.2) is 0 Å². The Morgan fingerprint density at radius 2 is 1.56 bits per heavy atom. The monoisotopic (exact) mass is 589 g/mol. The fourth-order valence-electron chi connectivity index (χ4n) is 5.98. The molecule has 0 bridgehead atoms. The average Bonchev–Trinajstić information content (AvgIpc) is 3.44. The number of hydrogen-bond acceptors (Lipinski definition) is 5. The zero-order chi connectivity index (χ0) is 30.9. The zero-order valence-corrected chi connectivity index (χ0v) is 25.5. The lowest BCUT2D eigenvalue weighted by molar-refractivity contribution is -0.130. The van der Waals surface area contributed by atoms with E-state index >= 15 is 0 Å². The minimum absolute atomic E-state index is 0.129. The van der Waals surface area contributed by atoms with Crippen molar-refractivity contribution in [3.05, 3.63) is 71.9 Å². The third-order valence-corrected chi connectivity index (χ3v) is 8.60. The Hall–Kier alpha value is -3.69. The minimum Gasteiger partial charge on any atom is -0.391 e. The fraction of sp³-hybridized carbons (Fsp3) is 0.500. The number of aromatic amines is 1. The van der Waals surface area contributed by atoms with Gasteiger partial charge in [-0.05, 0) is 68.5 Å². The van der Waals surface area contributed by atoms with E-state index in [9.17, 15) is 19.5 Å². The summed E-state index contributed by atoms with van der Waals surface area (Å²) >= 11 is 0. The summed E-state index contributed by atoms with van der Waals surface area (Å²) in [5.41, 5.74) is 8.62. The second-order valence-electron chi connectivity index (χ2n) is 12.2. The van der Waals surface area contributed by atoms with Crippen LogP contribution in [0.5, 0.6) is 0 Å². The molecule has 232 valence electrons. The number of nitrogens with one attached hydrogen (secondary N) is 4. The average molecular weight is 590 g/mol. The Balaban J connectivity index is 1.46. The third kappa shape index (κ3) is 8.91. The smallest absolute Gasteiger partial charge is 0.242 e. The van der Waals surface area contributed by atoms with Crippen molar-refractivity contribution in [3.8, 4) is 0 Å². The van der Waals surface area contributed by atoms with Crippen molar-refractivity contribution in [2.24, 2.45) is 17.6 Å². The number of hydrogen-bond donors (Lipinski definition) is 6. The van der Waals surface area contributed by atoms with Gasteiger partial charge >= 0.3 is 0 Å². The van der Waals surface area contributed by atoms with Gasteiger partial charge in [0.1, 0.15) is 6.04 Å². The molecule has 1 unspecified atom stereocenters. The van der Waals surface area contributed by atoms with Crippen LogP contribution in [0.1, 0.15) is 76.6 Å². The van der Waals surface area contributed by atoms with Crippen LogP contribution in [0.15, 0.2) is 60.7 Å². The number of fused-ring (bicyclic) bond motifs is 1. The van der Waals surface area contributed by atoms with Gasteiger partial charge in [-0.3, -0.25) is 14.4 Å². The van der Waals surface area contributed by atoms with Gasteiger partial charge in [-0.2, -0.15) is 0 Å². The number of carbonyl (C=O) groups is 3. The van der Waals surface area contributed by atoms with E-state index in [0.29, 0.717) is 12.3 Å². The number of aliphatic hydroxyl groups is 1. The van der Waals surface area contributed by atoms with E-state index in [1.165, 1.54) is 6.42 Å². The molecule has 1 aliphatic carbocycles. The van der Waals surface area contributed by atoms with Crippen molar-refractivity contribution in [1.82, 2.24) is 20.9 Å². The molecule has 1 saturated carbocycles. The highest BCUT2D eigenvalue weighted by atomic mass is 16.3. The maximum Gasteiger partial charge on any atom is 0.242 e. The van der Waals surface area contributed by atoms with Crippen molar-refractivity contribution in [3.63, 3.8) is 0 Å². The molecular weight excluding hydrogens is 542 g/mol. The molecule has 1 heterocycles. The normalized spacial score (nSPS) is 18.2. The maximum atomic E-state index is 13.6. The van der Waals surface area contributed by atoms with E-state index in [-0.39, 0.29) is 18.4 Å². The molecular formula is C34H47N5O4. The van der Waals surface area contributed by atoms with Crippen molar-refractivity contribution in [2.75, 3.05) is 0 Å². The first-order valence-electron chi connectivity index (χ1n) is 15.6. The Morgan fingerprint density at radius 3 is 2.23 bits per heavy atom. The van der Waals surface area contributed by atoms with Gasteiger partial charge in [-0.1, -0.05) is 74.7 Å². The number of aliphatic hydroxyl groups excluding tert-OH is 1. The Labute approximate surface area is 254 Å². The second-order valence-corrected chi connectivity index (χ2v) is 12.2. The standard InChI is InChI=1S/C34H47N5O4/c1-21(32(41)39-31(25-14-8-5-9-15-25)29-20-26-16-10-11-17-27(26)37-29)18-30(40)28(19-24-12-6-4-7-13-24)38-34(43)23(3)36-33(42)22(2)35/h4,6-7,10-13,16-17,20-23,25,28,30-31,37,40H,5,8-9,14-15,18-19,35H2,1-3H3,(H,36,42)(H,38,43)(H,39,41)/t21-,22+,23+,28+,30+,31?/m1/s1. The van der Waals surface area contributed by atoms with E-state index in [0.717, 1.165) is 47.8 Å². The van der Waals surface area contributed by atoms with Crippen LogP contribution in [0.25, 0.3) is 10.9 Å². The molecule has 4 rings (SSSR count). The molecule has 1 aliphatic rings. The molecule has 0 spiro atoms. The van der Waals surface area contributed by atoms with Gasteiger partial charge in [-0.15, -0.1) is 0 Å². The van der Waals surface area contributed by atoms with Crippen LogP contribution in [-0.2, 0) is 20.8 Å². The largest absolute Gasteiger partial charge is 0.391 e. The molecule has 9 nitrogen and oxygen atoms in total. The highest BCUT2D eigenvalue weighted by molar-refractivity contribution is 5.89. The Bertz CT molecular complexity index is 1320. The van der Waals surface area contributed by atoms with Gasteiger partial charge < -0.3 is 31.8 Å². The van der Waals surface area contributed by atoms with E-state index in [2.05, 4.69) is 33.1 Å². The molecule has 7 N–H and O–H groups in total. The number of nitrogens with two attached hydrogens (primary N) is 1. The van der Waals surface area contributed by atoms with Crippen molar-refractivity contribution < 1.29 is 19.5 Å². The summed E-state index contributed by atoms with van der Waals surface area (Å²) in [6.07, 6.45) is 5.16. The molecule has 0 radical (unpaired) electrons. The molecule has 6 atom stereocenters. The molecule has 1 aromatic heterocycles. The minimum atomic E-state index is -0.998. The highest BCUT2D eigenvalue weighted by Gasteiger charge is 2.32. The van der Waals surface area contributed by atoms with Crippen LogP contribution < -0.4 is 21.7 Å². The molecule has 0 aliphatic heterocycles. The molecule has 2 aromatic carbocycles. The van der Waals surface area contributed by atoms with Crippen LogP contribution in [0, 0.1) is 11.8 Å². The Kier molecular flexibility index (Phi) is 11.4. The summed E-state index contributed by atoms with van der Waals surface area (Å²) in [4.78, 5) is 42.2. The van der Waals surface area contributed by atoms with Crippen LogP contribution in [0.4, 0.5) is 0 Å². The van der Waals surface area contributed by atoms with Crippen LogP contribution >= 0.6 is 0 Å². The maximum absolute atomic E-state index is 13.6. The summed E-state index contributed by atoms with van der Waals surface area (Å²) in [7, 11) is 0. The van der Waals surface area contributed by atoms with Crippen molar-refractivity contribution in [1.29, 1.82) is 0 Å². The molecule has 3 aromatic rings. The van der Waals surface area contributed by atoms with Gasteiger partial charge in [0.2, 0.25) is 17.7 Å². The third-order valence-electron chi connectivity index (χ3n) is 8.60. The van der Waals surface area contributed by atoms with Gasteiger partial charge in [0.25, 0.3) is 0 Å². The predicted octanol–water partition coefficient (Wildman–Crippen LogP) is 3.87. The summed E-state index contributed by atoms with van der Waals surface area (Å²) in [6, 6.07) is 17.4. The lowest BCUT2D eigenvalue weighted by Crippen LogP contribution is -2.54. The highest BCUT2D eigenvalue weighted by Crippen LogP contribution is 2.35. The van der Waals surface area contributed by atoms with Gasteiger partial charge in [0.05, 0.1) is 24.2 Å². The number of para-hydroxylation sites is 1. The molecule has 9 heteroatoms. The summed E-state index contributed by atoms with van der Waals surface area (Å²) in [5.74, 6) is -1.16. The summed E-state index contributed by atoms with van der Waals surface area (Å²) in [5, 5.41) is 21.3. The quantitative estimate of drug-likeness (QED) is 0.179. The lowest BCUT2D eigenvalue weighted by atomic mass is 9.82. The SMILES string of the molecule is C[C@H](N)C(=O)N[C@@H](C)C(=O)N[C@@H](Cc1ccccc1)[C@@H](O)C[C@@H](C)C(=O)NC(c1cc2ccccc2[nH]1)C1CCCCC1. The summed E-state index contributed by atoms with van der Waals surface area (Å²) in [6.45, 7) is 4.94. The zero-order valence-electron chi connectivity index (χ0n) is 25.5. The molecule has 1 fully saturated rings. The molecule has 0 saturated heterocycles. The lowest BCUT2D eigenvalue weighted by Gasteiger charge is -2.32. The summed E-state index contributed by atoms with van der Waals surface area (Å²) < 4.78 is 0. The number of rotatable bonds is 13. The number of amides is 3. The van der Waals surface area contributed by atoms with E-state index in [4.69, 9.17) is 5.73 Å². The fourth-order valence-corrected chi connectivity index (χ4v) is 5.98. The first-order valence-corrected chi connectivity index (χ1v) is 15.6. The molecule has 3 amide bonds. The van der Waals surface area contributed by atoms with Crippen LogP contribution in [-0.4, -0.2) is 52.0 Å². The first kappa shape index (κ1) is 32.2. The molecule has 43 heavy (non-hydrogen) atoms. The predicted molar refractivity (Wildman–Crippen MR) is 169 cm³/mol. The van der Waals surface area contributed by atoms with E-state index in [1.54, 1.807) is 13.8 Å². The topological polar surface area (TPSA) is 149 Å². The number of H-pyrrole nitrogens is 1. The van der Waals surface area contributed by atoms with Gasteiger partial charge in [-0.25, -0.2) is 0 Å². The van der Waals surface area contributed by atoms with E-state index < -0.39 is 42.0 Å². The van der Waals surface area contributed by atoms with Gasteiger partial charge in [0, 0.05) is 17.1 Å². The van der Waals surface area contributed by atoms with Crippen LogP contribution in [0.2, 0.25) is 0 Å². The van der Waals surface area contributed by atoms with Crippen molar-refractivity contribution >= 4 is 28.6 Å². The van der Waals surface area contributed by atoms with E-state index in [1.807, 2.05) is 55.5 Å².